The molecule has 0 spiro atoms. The van der Waals surface area contributed by atoms with E-state index in [-0.39, 0.29) is 17.9 Å². The standard InChI is InChI=1S/C26H39N7O3/c1-4-28-25(35)30-24(33-12-14-36-15-13-33)29-22(16-20(2)3)23(34)31-26(18-27)10-11-32(19-26)17-21-8-6-5-7-9-21/h5-9,20,22H,4,10-17,19H2,1-3H3,(H,31,34)(H2,28,29,30,35). The number of benzene rings is 1. The van der Waals surface area contributed by atoms with Crippen molar-refractivity contribution in [3.05, 3.63) is 35.9 Å². The Labute approximate surface area is 214 Å². The summed E-state index contributed by atoms with van der Waals surface area (Å²) in [4.78, 5) is 34.7. The highest BCUT2D eigenvalue weighted by atomic mass is 16.5. The Morgan fingerprint density at radius 2 is 1.92 bits per heavy atom. The lowest BCUT2D eigenvalue weighted by Gasteiger charge is -2.31. The second-order valence-electron chi connectivity index (χ2n) is 9.81. The molecule has 36 heavy (non-hydrogen) atoms. The summed E-state index contributed by atoms with van der Waals surface area (Å²) in [5, 5.41) is 18.6. The number of rotatable bonds is 8. The summed E-state index contributed by atoms with van der Waals surface area (Å²) in [6.45, 7) is 10.4. The fourth-order valence-electron chi connectivity index (χ4n) is 4.49. The topological polar surface area (TPSA) is 122 Å². The molecule has 0 bridgehead atoms. The molecule has 0 radical (unpaired) electrons. The number of nitrogens with one attached hydrogen (secondary N) is 3. The lowest BCUT2D eigenvalue weighted by atomic mass is 9.98. The molecule has 0 aliphatic carbocycles. The van der Waals surface area contributed by atoms with Crippen molar-refractivity contribution in [2.45, 2.75) is 51.7 Å². The first-order valence-electron chi connectivity index (χ1n) is 12.8. The fraction of sp³-hybridized carbons (Fsp3) is 0.615. The highest BCUT2D eigenvalue weighted by Crippen LogP contribution is 2.23. The molecule has 0 aromatic heterocycles. The largest absolute Gasteiger partial charge is 0.378 e. The zero-order chi connectivity index (χ0) is 26.0. The quantitative estimate of drug-likeness (QED) is 0.371. The van der Waals surface area contributed by atoms with Gasteiger partial charge in [0.15, 0.2) is 0 Å². The third-order valence-corrected chi connectivity index (χ3v) is 6.32. The van der Waals surface area contributed by atoms with Crippen LogP contribution in [0.3, 0.4) is 0 Å². The van der Waals surface area contributed by atoms with Crippen molar-refractivity contribution >= 4 is 17.9 Å². The number of hydrogen-bond donors (Lipinski definition) is 3. The number of nitrogens with zero attached hydrogens (tertiary/aromatic N) is 4. The number of urea groups is 1. The zero-order valence-corrected chi connectivity index (χ0v) is 21.6. The highest BCUT2D eigenvalue weighted by Gasteiger charge is 2.41. The summed E-state index contributed by atoms with van der Waals surface area (Å²) in [6.07, 6.45) is 1.04. The van der Waals surface area contributed by atoms with E-state index in [0.29, 0.717) is 58.2 Å². The molecule has 196 valence electrons. The molecule has 0 saturated carbocycles. The van der Waals surface area contributed by atoms with Crippen LogP contribution in [0.15, 0.2) is 35.3 Å². The van der Waals surface area contributed by atoms with Crippen LogP contribution in [-0.2, 0) is 16.1 Å². The molecule has 10 nitrogen and oxygen atoms in total. The van der Waals surface area contributed by atoms with Gasteiger partial charge in [-0.1, -0.05) is 44.2 Å². The Bertz CT molecular complexity index is 941. The number of ether oxygens (including phenoxy) is 1. The molecule has 2 saturated heterocycles. The minimum absolute atomic E-state index is 0.191. The van der Waals surface area contributed by atoms with E-state index in [1.54, 1.807) is 0 Å². The summed E-state index contributed by atoms with van der Waals surface area (Å²) in [6, 6.07) is 11.4. The summed E-state index contributed by atoms with van der Waals surface area (Å²) >= 11 is 0. The molecule has 3 rings (SSSR count). The van der Waals surface area contributed by atoms with Crippen LogP contribution >= 0.6 is 0 Å². The maximum absolute atomic E-state index is 13.5. The fourth-order valence-corrected chi connectivity index (χ4v) is 4.49. The number of carbonyl (C=O) groups is 2. The third-order valence-electron chi connectivity index (χ3n) is 6.32. The van der Waals surface area contributed by atoms with E-state index in [2.05, 4.69) is 39.1 Å². The smallest absolute Gasteiger partial charge is 0.321 e. The molecule has 10 heteroatoms. The third kappa shape index (κ3) is 7.93. The molecule has 3 N–H and O–H groups in total. The van der Waals surface area contributed by atoms with Crippen molar-refractivity contribution in [1.29, 1.82) is 5.26 Å². The average Bonchev–Trinajstić information content (AvgIpc) is 3.26. The van der Waals surface area contributed by atoms with Crippen LogP contribution in [0.5, 0.6) is 0 Å². The summed E-state index contributed by atoms with van der Waals surface area (Å²) in [7, 11) is 0. The van der Waals surface area contributed by atoms with Crippen LogP contribution in [0, 0.1) is 17.2 Å². The first-order valence-corrected chi connectivity index (χ1v) is 12.8. The van der Waals surface area contributed by atoms with Gasteiger partial charge in [0.25, 0.3) is 0 Å². The lowest BCUT2D eigenvalue weighted by Crippen LogP contribution is -2.54. The van der Waals surface area contributed by atoms with E-state index < -0.39 is 11.6 Å². The van der Waals surface area contributed by atoms with Gasteiger partial charge in [-0.15, -0.1) is 0 Å². The number of morpholine rings is 1. The van der Waals surface area contributed by atoms with E-state index in [0.717, 1.165) is 13.1 Å². The molecule has 2 atom stereocenters. The Hall–Kier alpha value is -3.16. The normalized spacial score (nSPS) is 21.6. The van der Waals surface area contributed by atoms with E-state index in [4.69, 9.17) is 9.73 Å². The van der Waals surface area contributed by atoms with Gasteiger partial charge in [-0.05, 0) is 31.2 Å². The van der Waals surface area contributed by atoms with Crippen molar-refractivity contribution in [3.8, 4) is 6.07 Å². The van der Waals surface area contributed by atoms with Crippen LogP contribution in [0.25, 0.3) is 0 Å². The Morgan fingerprint density at radius 3 is 2.56 bits per heavy atom. The number of aliphatic imine (C=N–C) groups is 1. The van der Waals surface area contributed by atoms with Gasteiger partial charge in [0.05, 0.1) is 19.3 Å². The zero-order valence-electron chi connectivity index (χ0n) is 21.6. The summed E-state index contributed by atoms with van der Waals surface area (Å²) in [5.41, 5.74) is 0.203. The molecule has 2 fully saturated rings. The maximum atomic E-state index is 13.5. The predicted molar refractivity (Wildman–Crippen MR) is 138 cm³/mol. The van der Waals surface area contributed by atoms with E-state index >= 15 is 0 Å². The maximum Gasteiger partial charge on any atom is 0.321 e. The predicted octanol–water partition coefficient (Wildman–Crippen LogP) is 1.69. The molecular formula is C26H39N7O3. The minimum Gasteiger partial charge on any atom is -0.378 e. The second kappa shape index (κ2) is 13.2. The van der Waals surface area contributed by atoms with Crippen LogP contribution in [0.4, 0.5) is 4.79 Å². The molecular weight excluding hydrogens is 458 g/mol. The number of likely N-dealkylation sites (tertiary alicyclic amines) is 1. The SMILES string of the molecule is CCNC(=O)NC(=NC(CC(C)C)C(=O)NC1(C#N)CCN(Cc2ccccc2)C1)N1CCOCC1. The number of amides is 3. The van der Waals surface area contributed by atoms with Crippen molar-refractivity contribution < 1.29 is 14.3 Å². The molecule has 2 aliphatic rings. The number of nitriles is 1. The van der Waals surface area contributed by atoms with E-state index in [1.165, 1.54) is 5.56 Å². The van der Waals surface area contributed by atoms with Gasteiger partial charge < -0.3 is 20.3 Å². The van der Waals surface area contributed by atoms with Crippen LogP contribution in [0.1, 0.15) is 39.2 Å². The molecule has 2 aliphatic heterocycles. The second-order valence-corrected chi connectivity index (χ2v) is 9.81. The van der Waals surface area contributed by atoms with Gasteiger partial charge in [-0.2, -0.15) is 5.26 Å². The van der Waals surface area contributed by atoms with Crippen LogP contribution in [0.2, 0.25) is 0 Å². The van der Waals surface area contributed by atoms with Crippen LogP contribution < -0.4 is 16.0 Å². The molecule has 2 heterocycles. The van der Waals surface area contributed by atoms with Gasteiger partial charge in [-0.3, -0.25) is 15.0 Å². The van der Waals surface area contributed by atoms with E-state index in [9.17, 15) is 14.9 Å². The first-order chi connectivity index (χ1) is 17.3. The number of guanidine groups is 1. The molecule has 3 amide bonds. The van der Waals surface area contributed by atoms with Gasteiger partial charge >= 0.3 is 6.03 Å². The molecule has 2 unspecified atom stereocenters. The van der Waals surface area contributed by atoms with Gasteiger partial charge in [0.2, 0.25) is 11.9 Å². The average molecular weight is 498 g/mol. The van der Waals surface area contributed by atoms with Gasteiger partial charge in [0.1, 0.15) is 11.6 Å². The monoisotopic (exact) mass is 497 g/mol. The van der Waals surface area contributed by atoms with Crippen molar-refractivity contribution in [2.24, 2.45) is 10.9 Å². The molecule has 1 aromatic carbocycles. The van der Waals surface area contributed by atoms with Crippen molar-refractivity contribution in [3.63, 3.8) is 0 Å². The first kappa shape index (κ1) is 27.4. The van der Waals surface area contributed by atoms with Gasteiger partial charge in [0, 0.05) is 39.3 Å². The van der Waals surface area contributed by atoms with Crippen molar-refractivity contribution in [1.82, 2.24) is 25.8 Å². The summed E-state index contributed by atoms with van der Waals surface area (Å²) in [5.74, 6) is 0.250. The highest BCUT2D eigenvalue weighted by molar-refractivity contribution is 5.97. The van der Waals surface area contributed by atoms with Crippen molar-refractivity contribution in [2.75, 3.05) is 45.9 Å². The van der Waals surface area contributed by atoms with Gasteiger partial charge in [-0.25, -0.2) is 9.79 Å². The van der Waals surface area contributed by atoms with E-state index in [1.807, 2.05) is 43.9 Å². The Balaban J connectivity index is 1.76. The van der Waals surface area contributed by atoms with Crippen LogP contribution in [-0.4, -0.2) is 85.2 Å². The Kier molecular flexibility index (Phi) is 10.1. The minimum atomic E-state index is -0.969. The number of carbonyl (C=O) groups excluding carboxylic acids is 2. The summed E-state index contributed by atoms with van der Waals surface area (Å²) < 4.78 is 5.44. The number of hydrogen-bond acceptors (Lipinski definition) is 6. The Morgan fingerprint density at radius 1 is 1.19 bits per heavy atom. The molecule has 1 aromatic rings. The lowest BCUT2D eigenvalue weighted by molar-refractivity contribution is -0.123.